The number of carbonyl (C=O) groups excluding carboxylic acids is 1. The number of aryl methyl sites for hydroxylation is 1. The van der Waals surface area contributed by atoms with E-state index in [0.29, 0.717) is 11.6 Å². The summed E-state index contributed by atoms with van der Waals surface area (Å²) in [6, 6.07) is 14.3. The number of hydrogen-bond acceptors (Lipinski definition) is 5. The minimum Gasteiger partial charge on any atom is -0.383 e. The fourth-order valence-electron chi connectivity index (χ4n) is 3.89. The Hall–Kier alpha value is -2.57. The molecule has 0 spiro atoms. The summed E-state index contributed by atoms with van der Waals surface area (Å²) in [5.74, 6) is 1.05. The van der Waals surface area contributed by atoms with Crippen molar-refractivity contribution >= 4 is 53.3 Å². The minimum atomic E-state index is -0.145. The maximum Gasteiger partial charge on any atom is 0.255 e. The van der Waals surface area contributed by atoms with E-state index in [0.717, 1.165) is 37.0 Å². The molecule has 160 valence electrons. The molecule has 0 aliphatic heterocycles. The van der Waals surface area contributed by atoms with Crippen molar-refractivity contribution in [1.29, 1.82) is 0 Å². The average molecular weight is 448 g/mol. The van der Waals surface area contributed by atoms with Crippen LogP contribution in [0, 0.1) is 6.92 Å². The van der Waals surface area contributed by atoms with Crippen molar-refractivity contribution in [1.82, 2.24) is 15.3 Å². The van der Waals surface area contributed by atoms with Gasteiger partial charge in [-0.25, -0.2) is 9.97 Å². The van der Waals surface area contributed by atoms with Crippen molar-refractivity contribution in [2.24, 2.45) is 0 Å². The zero-order valence-corrected chi connectivity index (χ0v) is 18.4. The predicted molar refractivity (Wildman–Crippen MR) is 127 cm³/mol. The second-order valence-corrected chi connectivity index (χ2v) is 7.44. The van der Waals surface area contributed by atoms with Crippen LogP contribution in [0.4, 0.5) is 11.6 Å². The molecule has 0 radical (unpaired) electrons. The van der Waals surface area contributed by atoms with Crippen LogP contribution < -0.4 is 16.4 Å². The maximum atomic E-state index is 12.4. The third kappa shape index (κ3) is 5.32. The van der Waals surface area contributed by atoms with Crippen LogP contribution in [0.2, 0.25) is 0 Å². The quantitative estimate of drug-likeness (QED) is 0.546. The monoisotopic (exact) mass is 447 g/mol. The van der Waals surface area contributed by atoms with Crippen LogP contribution in [0.15, 0.2) is 48.7 Å². The van der Waals surface area contributed by atoms with Gasteiger partial charge in [-0.1, -0.05) is 18.2 Å². The fourth-order valence-corrected chi connectivity index (χ4v) is 3.89. The lowest BCUT2D eigenvalue weighted by atomic mass is 9.91. The van der Waals surface area contributed by atoms with Crippen molar-refractivity contribution < 1.29 is 4.79 Å². The molecule has 0 atom stereocenters. The number of benzene rings is 1. The third-order valence-electron chi connectivity index (χ3n) is 5.42. The molecule has 3 aromatic rings. The van der Waals surface area contributed by atoms with E-state index in [1.54, 1.807) is 18.3 Å². The van der Waals surface area contributed by atoms with Gasteiger partial charge < -0.3 is 16.4 Å². The number of para-hydroxylation sites is 1. The Morgan fingerprint density at radius 1 is 1.03 bits per heavy atom. The molecule has 1 fully saturated rings. The fraction of sp³-hybridized carbons (Fsp3) is 0.318. The zero-order valence-electron chi connectivity index (χ0n) is 16.8. The van der Waals surface area contributed by atoms with Gasteiger partial charge in [0.1, 0.15) is 11.6 Å². The highest BCUT2D eigenvalue weighted by Gasteiger charge is 2.23. The number of carbonyl (C=O) groups is 1. The Kier molecular flexibility index (Phi) is 8.26. The van der Waals surface area contributed by atoms with Gasteiger partial charge >= 0.3 is 0 Å². The molecule has 0 bridgehead atoms. The molecular formula is C22H27Cl2N5O. The SMILES string of the molecule is Cc1cc(NC2CCC(NC(=O)c3cccnc3N)CC2)nc2ccccc12.Cl.Cl. The Balaban J connectivity index is 0.00000160. The van der Waals surface area contributed by atoms with Gasteiger partial charge in [0, 0.05) is 23.7 Å². The lowest BCUT2D eigenvalue weighted by Crippen LogP contribution is -2.40. The molecule has 0 saturated heterocycles. The highest BCUT2D eigenvalue weighted by Crippen LogP contribution is 2.25. The lowest BCUT2D eigenvalue weighted by Gasteiger charge is -2.30. The Morgan fingerprint density at radius 2 is 1.73 bits per heavy atom. The van der Waals surface area contributed by atoms with E-state index in [1.165, 1.54) is 10.9 Å². The summed E-state index contributed by atoms with van der Waals surface area (Å²) in [5.41, 5.74) is 8.48. The van der Waals surface area contributed by atoms with E-state index < -0.39 is 0 Å². The number of rotatable bonds is 4. The molecule has 4 N–H and O–H groups in total. The van der Waals surface area contributed by atoms with Crippen molar-refractivity contribution in [3.63, 3.8) is 0 Å². The molecule has 2 aromatic heterocycles. The molecule has 2 heterocycles. The van der Waals surface area contributed by atoms with Crippen LogP contribution >= 0.6 is 24.8 Å². The number of nitrogens with one attached hydrogen (secondary N) is 2. The Labute approximate surface area is 188 Å². The minimum absolute atomic E-state index is 0. The summed E-state index contributed by atoms with van der Waals surface area (Å²) in [4.78, 5) is 21.1. The van der Waals surface area contributed by atoms with Crippen LogP contribution in [-0.4, -0.2) is 28.0 Å². The van der Waals surface area contributed by atoms with Crippen molar-refractivity contribution in [3.05, 3.63) is 59.8 Å². The number of nitrogens with zero attached hydrogens (tertiary/aromatic N) is 2. The number of amides is 1. The Bertz CT molecular complexity index is 1010. The number of aromatic nitrogens is 2. The standard InChI is InChI=1S/C22H25N5O.2ClH/c1-14-13-20(27-19-7-3-2-5-17(14)19)25-15-8-10-16(11-9-15)26-22(28)18-6-4-12-24-21(18)23;;/h2-7,12-13,15-16H,8-11H2,1H3,(H2,23,24)(H,25,27)(H,26,28);2*1H. The second kappa shape index (κ2) is 10.5. The highest BCUT2D eigenvalue weighted by atomic mass is 35.5. The van der Waals surface area contributed by atoms with E-state index in [9.17, 15) is 4.79 Å². The summed E-state index contributed by atoms with van der Waals surface area (Å²) in [6.07, 6.45) is 5.42. The van der Waals surface area contributed by atoms with Crippen LogP contribution in [0.1, 0.15) is 41.6 Å². The first-order valence-electron chi connectivity index (χ1n) is 9.74. The average Bonchev–Trinajstić information content (AvgIpc) is 2.70. The maximum absolute atomic E-state index is 12.4. The zero-order chi connectivity index (χ0) is 19.5. The lowest BCUT2D eigenvalue weighted by molar-refractivity contribution is 0.0927. The second-order valence-electron chi connectivity index (χ2n) is 7.44. The number of fused-ring (bicyclic) bond motifs is 1. The third-order valence-corrected chi connectivity index (χ3v) is 5.42. The first-order chi connectivity index (χ1) is 13.6. The van der Waals surface area contributed by atoms with Gasteiger partial charge in [-0.2, -0.15) is 0 Å². The largest absolute Gasteiger partial charge is 0.383 e. The molecule has 1 aliphatic rings. The van der Waals surface area contributed by atoms with Crippen LogP contribution in [0.5, 0.6) is 0 Å². The van der Waals surface area contributed by atoms with Gasteiger partial charge in [0.25, 0.3) is 5.91 Å². The van der Waals surface area contributed by atoms with E-state index >= 15 is 0 Å². The number of nitrogens with two attached hydrogens (primary N) is 1. The molecule has 30 heavy (non-hydrogen) atoms. The van der Waals surface area contributed by atoms with E-state index in [-0.39, 0.29) is 42.6 Å². The summed E-state index contributed by atoms with van der Waals surface area (Å²) >= 11 is 0. The van der Waals surface area contributed by atoms with E-state index in [2.05, 4.69) is 34.7 Å². The molecule has 1 aliphatic carbocycles. The molecule has 1 aromatic carbocycles. The molecule has 1 saturated carbocycles. The first-order valence-corrected chi connectivity index (χ1v) is 9.74. The number of nitrogen functional groups attached to an aromatic ring is 1. The number of anilines is 2. The Morgan fingerprint density at radius 3 is 2.47 bits per heavy atom. The topological polar surface area (TPSA) is 92.9 Å². The van der Waals surface area contributed by atoms with Crippen molar-refractivity contribution in [2.75, 3.05) is 11.1 Å². The summed E-state index contributed by atoms with van der Waals surface area (Å²) < 4.78 is 0. The molecule has 6 nitrogen and oxygen atoms in total. The number of hydrogen-bond donors (Lipinski definition) is 3. The van der Waals surface area contributed by atoms with Gasteiger partial charge in [-0.3, -0.25) is 4.79 Å². The molecule has 1 amide bonds. The first kappa shape index (κ1) is 23.7. The van der Waals surface area contributed by atoms with Gasteiger partial charge in [0.15, 0.2) is 0 Å². The smallest absolute Gasteiger partial charge is 0.255 e. The van der Waals surface area contributed by atoms with E-state index in [4.69, 9.17) is 10.7 Å². The highest BCUT2D eigenvalue weighted by molar-refractivity contribution is 5.98. The molecular weight excluding hydrogens is 421 g/mol. The summed E-state index contributed by atoms with van der Waals surface area (Å²) in [7, 11) is 0. The predicted octanol–water partition coefficient (Wildman–Crippen LogP) is 4.52. The molecule has 0 unspecified atom stereocenters. The summed E-state index contributed by atoms with van der Waals surface area (Å²) in [5, 5.41) is 7.86. The van der Waals surface area contributed by atoms with Crippen molar-refractivity contribution in [2.45, 2.75) is 44.7 Å². The molecule has 4 rings (SSSR count). The number of pyridine rings is 2. The van der Waals surface area contributed by atoms with E-state index in [1.807, 2.05) is 18.2 Å². The van der Waals surface area contributed by atoms with Gasteiger partial charge in [-0.15, -0.1) is 24.8 Å². The van der Waals surface area contributed by atoms with Crippen LogP contribution in [-0.2, 0) is 0 Å². The van der Waals surface area contributed by atoms with Gasteiger partial charge in [0.2, 0.25) is 0 Å². The van der Waals surface area contributed by atoms with Gasteiger partial charge in [-0.05, 0) is 62.4 Å². The summed E-state index contributed by atoms with van der Waals surface area (Å²) in [6.45, 7) is 2.12. The molecule has 8 heteroatoms. The number of halogens is 2. The van der Waals surface area contributed by atoms with Crippen LogP contribution in [0.25, 0.3) is 10.9 Å². The van der Waals surface area contributed by atoms with Gasteiger partial charge in [0.05, 0.1) is 11.1 Å². The van der Waals surface area contributed by atoms with Crippen molar-refractivity contribution in [3.8, 4) is 0 Å². The van der Waals surface area contributed by atoms with Crippen LogP contribution in [0.3, 0.4) is 0 Å². The normalized spacial score (nSPS) is 18.0.